The molecular weight excluding hydrogens is 498 g/mol. The van der Waals surface area contributed by atoms with E-state index in [1.807, 2.05) is 0 Å². The first-order valence-electron chi connectivity index (χ1n) is 11.7. The third kappa shape index (κ3) is 3.90. The highest BCUT2D eigenvalue weighted by atomic mass is 16.7. The molecule has 196 valence electrons. The highest BCUT2D eigenvalue weighted by molar-refractivity contribution is 6.14. The van der Waals surface area contributed by atoms with Gasteiger partial charge in [-0.05, 0) is 36.1 Å². The third-order valence-corrected chi connectivity index (χ3v) is 6.90. The molecule has 1 amide bonds. The second-order valence-corrected chi connectivity index (χ2v) is 9.20. The number of benzene rings is 3. The summed E-state index contributed by atoms with van der Waals surface area (Å²) in [5, 5.41) is 32.7. The molecule has 4 atom stereocenters. The summed E-state index contributed by atoms with van der Waals surface area (Å²) in [4.78, 5) is 56.8. The van der Waals surface area contributed by atoms with Crippen molar-refractivity contribution in [1.82, 2.24) is 4.90 Å². The van der Waals surface area contributed by atoms with Gasteiger partial charge in [0.25, 0.3) is 5.69 Å². The molecule has 3 aromatic carbocycles. The van der Waals surface area contributed by atoms with E-state index in [-0.39, 0.29) is 30.2 Å². The number of Topliss-reactive ketones (excluding diaryl/α,β-unsaturated/α-hetero) is 1. The summed E-state index contributed by atoms with van der Waals surface area (Å²) in [6, 6.07) is 14.6. The molecule has 3 aromatic rings. The van der Waals surface area contributed by atoms with E-state index < -0.39 is 46.4 Å². The fourth-order valence-corrected chi connectivity index (χ4v) is 4.98. The number of fused-ring (bicyclic) bond motifs is 2. The van der Waals surface area contributed by atoms with Crippen LogP contribution in [-0.4, -0.2) is 55.6 Å². The zero-order valence-corrected chi connectivity index (χ0v) is 20.1. The molecule has 2 aliphatic rings. The first-order chi connectivity index (χ1) is 18.1. The lowest BCUT2D eigenvalue weighted by atomic mass is 9.84. The Hall–Kier alpha value is -4.55. The summed E-state index contributed by atoms with van der Waals surface area (Å²) in [6.45, 7) is 1.06. The SMILES string of the molecule is C[C@@H](O)[C@H]1C(=O)N2[C@@H]1CC(=O)[C@@]2(ONc1c(O)ccc2ccccc12)C(=O)OCc1ccc([N+](=O)[O-])cc1. The van der Waals surface area contributed by atoms with Crippen molar-refractivity contribution in [2.45, 2.75) is 37.8 Å². The Morgan fingerprint density at radius 2 is 1.89 bits per heavy atom. The highest BCUT2D eigenvalue weighted by Crippen LogP contribution is 2.47. The first-order valence-corrected chi connectivity index (χ1v) is 11.7. The van der Waals surface area contributed by atoms with Gasteiger partial charge in [0.2, 0.25) is 11.7 Å². The van der Waals surface area contributed by atoms with Crippen molar-refractivity contribution in [1.29, 1.82) is 0 Å². The lowest BCUT2D eigenvalue weighted by Gasteiger charge is -2.48. The van der Waals surface area contributed by atoms with E-state index in [0.717, 1.165) is 10.3 Å². The number of nitro benzene ring substituents is 1. The Labute approximate surface area is 215 Å². The number of β-lactam (4-membered cyclic amide) rings is 1. The summed E-state index contributed by atoms with van der Waals surface area (Å²) in [5.74, 6) is -3.73. The third-order valence-electron chi connectivity index (χ3n) is 6.90. The Kier molecular flexibility index (Phi) is 6.21. The van der Waals surface area contributed by atoms with Crippen LogP contribution in [0.1, 0.15) is 18.9 Å². The molecule has 12 nitrogen and oxygen atoms in total. The van der Waals surface area contributed by atoms with Gasteiger partial charge in [0.05, 0.1) is 23.0 Å². The monoisotopic (exact) mass is 521 g/mol. The van der Waals surface area contributed by atoms with Gasteiger partial charge in [-0.2, -0.15) is 0 Å². The van der Waals surface area contributed by atoms with Crippen LogP contribution in [0.25, 0.3) is 10.8 Å². The number of aliphatic hydroxyl groups is 1. The smallest absolute Gasteiger partial charge is 0.371 e. The first kappa shape index (κ1) is 25.1. The number of carbonyl (C=O) groups is 3. The number of nitrogens with zero attached hydrogens (tertiary/aromatic N) is 2. The number of ether oxygens (including phenoxy) is 1. The summed E-state index contributed by atoms with van der Waals surface area (Å²) in [5.41, 5.74) is 0.320. The van der Waals surface area contributed by atoms with E-state index in [2.05, 4.69) is 5.48 Å². The Bertz CT molecular complexity index is 1460. The molecule has 0 radical (unpaired) electrons. The largest absolute Gasteiger partial charge is 0.506 e. The number of nitro groups is 1. The molecule has 12 heteroatoms. The fraction of sp³-hybridized carbons (Fsp3) is 0.269. The molecule has 0 unspecified atom stereocenters. The number of phenolic OH excluding ortho intramolecular Hbond substituents is 1. The minimum Gasteiger partial charge on any atom is -0.506 e. The zero-order valence-electron chi connectivity index (χ0n) is 20.1. The molecule has 0 spiro atoms. The lowest BCUT2D eigenvalue weighted by molar-refractivity contribution is -0.384. The number of aromatic hydroxyl groups is 1. The average Bonchev–Trinajstić information content (AvgIpc) is 3.14. The number of amides is 1. The van der Waals surface area contributed by atoms with Crippen LogP contribution in [0.2, 0.25) is 0 Å². The molecule has 5 rings (SSSR count). The van der Waals surface area contributed by atoms with Crippen LogP contribution in [0.5, 0.6) is 5.75 Å². The maximum absolute atomic E-state index is 13.5. The predicted octanol–water partition coefficient (Wildman–Crippen LogP) is 2.42. The molecule has 2 saturated heterocycles. The van der Waals surface area contributed by atoms with Crippen LogP contribution in [0.3, 0.4) is 0 Å². The van der Waals surface area contributed by atoms with Gasteiger partial charge in [-0.15, -0.1) is 0 Å². The van der Waals surface area contributed by atoms with Gasteiger partial charge in [0, 0.05) is 23.9 Å². The minimum absolute atomic E-state index is 0.0712. The molecule has 0 bridgehead atoms. The van der Waals surface area contributed by atoms with E-state index >= 15 is 0 Å². The zero-order chi connectivity index (χ0) is 27.2. The van der Waals surface area contributed by atoms with E-state index in [1.165, 1.54) is 37.3 Å². The van der Waals surface area contributed by atoms with Crippen molar-refractivity contribution in [2.24, 2.45) is 5.92 Å². The number of non-ortho nitro benzene ring substituents is 1. The molecule has 0 aliphatic carbocycles. The summed E-state index contributed by atoms with van der Waals surface area (Å²) >= 11 is 0. The number of hydrogen-bond acceptors (Lipinski definition) is 10. The second kappa shape index (κ2) is 9.39. The van der Waals surface area contributed by atoms with Crippen LogP contribution >= 0.6 is 0 Å². The maximum Gasteiger partial charge on any atom is 0.371 e. The predicted molar refractivity (Wildman–Crippen MR) is 131 cm³/mol. The number of ketones is 1. The van der Waals surface area contributed by atoms with E-state index in [1.54, 1.807) is 30.3 Å². The number of carbonyl (C=O) groups excluding carboxylic acids is 3. The normalized spacial score (nSPS) is 23.1. The highest BCUT2D eigenvalue weighted by Gasteiger charge is 2.72. The van der Waals surface area contributed by atoms with Gasteiger partial charge in [0.1, 0.15) is 18.0 Å². The molecular formula is C26H23N3O9. The Balaban J connectivity index is 1.46. The number of hydrogen-bond donors (Lipinski definition) is 3. The fourth-order valence-electron chi connectivity index (χ4n) is 4.98. The van der Waals surface area contributed by atoms with Crippen LogP contribution in [0.4, 0.5) is 11.4 Å². The summed E-state index contributed by atoms with van der Waals surface area (Å²) in [6.07, 6.45) is -1.31. The topological polar surface area (TPSA) is 169 Å². The minimum atomic E-state index is -2.52. The van der Waals surface area contributed by atoms with E-state index in [4.69, 9.17) is 9.57 Å². The van der Waals surface area contributed by atoms with Crippen LogP contribution in [0.15, 0.2) is 60.7 Å². The standard InChI is InChI=1S/C26H23N3O9/c1-14(30)22-19-12-21(32)26(28(19)24(22)33,25(34)37-13-15-6-9-17(10-7-15)29(35)36)38-27-23-18-5-3-2-4-16(18)8-11-20(23)31/h2-11,14,19,22,27,30-31H,12-13H2,1H3/t14-,19-,22-,26-/m1/s1. The van der Waals surface area contributed by atoms with Crippen LogP contribution in [0, 0.1) is 16.0 Å². The molecule has 38 heavy (non-hydrogen) atoms. The van der Waals surface area contributed by atoms with Gasteiger partial charge in [-0.3, -0.25) is 30.1 Å². The number of aliphatic hydroxyl groups excluding tert-OH is 1. The van der Waals surface area contributed by atoms with Gasteiger partial charge in [-0.1, -0.05) is 30.3 Å². The van der Waals surface area contributed by atoms with Crippen molar-refractivity contribution < 1.29 is 39.1 Å². The van der Waals surface area contributed by atoms with Crippen molar-refractivity contribution in [2.75, 3.05) is 5.48 Å². The number of rotatable bonds is 8. The van der Waals surface area contributed by atoms with Crippen LogP contribution in [-0.2, 0) is 30.6 Å². The lowest BCUT2D eigenvalue weighted by Crippen LogP contribution is -2.71. The number of anilines is 1. The van der Waals surface area contributed by atoms with Crippen molar-refractivity contribution in [3.05, 3.63) is 76.3 Å². The average molecular weight is 521 g/mol. The van der Waals surface area contributed by atoms with Gasteiger partial charge < -0.3 is 14.9 Å². The van der Waals surface area contributed by atoms with Crippen molar-refractivity contribution >= 4 is 39.8 Å². The van der Waals surface area contributed by atoms with Gasteiger partial charge >= 0.3 is 11.7 Å². The maximum atomic E-state index is 13.5. The van der Waals surface area contributed by atoms with E-state index in [0.29, 0.717) is 10.9 Å². The number of nitrogens with one attached hydrogen (secondary N) is 1. The van der Waals surface area contributed by atoms with Crippen molar-refractivity contribution in [3.63, 3.8) is 0 Å². The van der Waals surface area contributed by atoms with E-state index in [9.17, 15) is 34.7 Å². The number of phenols is 1. The summed E-state index contributed by atoms with van der Waals surface area (Å²) < 4.78 is 5.38. The number of esters is 1. The molecule has 2 fully saturated rings. The molecule has 0 saturated carbocycles. The van der Waals surface area contributed by atoms with Gasteiger partial charge in [-0.25, -0.2) is 9.63 Å². The van der Waals surface area contributed by atoms with Crippen molar-refractivity contribution in [3.8, 4) is 5.75 Å². The molecule has 2 heterocycles. The van der Waals surface area contributed by atoms with Gasteiger partial charge in [0.15, 0.2) is 0 Å². The Morgan fingerprint density at radius 3 is 2.58 bits per heavy atom. The second-order valence-electron chi connectivity index (χ2n) is 9.20. The summed E-state index contributed by atoms with van der Waals surface area (Å²) in [7, 11) is 0. The quantitative estimate of drug-likeness (QED) is 0.0999. The molecule has 2 aliphatic heterocycles. The molecule has 3 N–H and O–H groups in total. The van der Waals surface area contributed by atoms with Crippen LogP contribution < -0.4 is 5.48 Å². The Morgan fingerprint density at radius 1 is 1.18 bits per heavy atom. The molecule has 0 aromatic heterocycles.